The number of aliphatic hydroxyl groups is 2. The third kappa shape index (κ3) is 3.23. The van der Waals surface area contributed by atoms with Crippen LogP contribution in [0.4, 0.5) is 0 Å². The normalized spacial score (nSPS) is 12.9. The molecule has 96 valence electrons. The van der Waals surface area contributed by atoms with Crippen LogP contribution in [-0.2, 0) is 18.9 Å². The van der Waals surface area contributed by atoms with Crippen molar-refractivity contribution in [3.63, 3.8) is 0 Å². The molecule has 6 nitrogen and oxygen atoms in total. The molecule has 1 rings (SSSR count). The fourth-order valence-electron chi connectivity index (χ4n) is 1.15. The predicted molar refractivity (Wildman–Crippen MR) is 65.0 cm³/mol. The van der Waals surface area contributed by atoms with Crippen molar-refractivity contribution in [3.8, 4) is 0 Å². The van der Waals surface area contributed by atoms with Crippen LogP contribution >= 0.6 is 6.33 Å². The minimum atomic E-state index is -4.21. The van der Waals surface area contributed by atoms with Crippen LogP contribution < -0.4 is 5.30 Å². The van der Waals surface area contributed by atoms with E-state index in [0.717, 1.165) is 0 Å². The van der Waals surface area contributed by atoms with Crippen molar-refractivity contribution in [1.29, 1.82) is 0 Å². The molecule has 0 radical (unpaired) electrons. The first-order valence-electron chi connectivity index (χ1n) is 4.38. The molecule has 9 heteroatoms. The highest BCUT2D eigenvalue weighted by molar-refractivity contribution is 8.84. The second-order valence-electron chi connectivity index (χ2n) is 3.01. The quantitative estimate of drug-likeness (QED) is 0.699. The van der Waals surface area contributed by atoms with Gasteiger partial charge >= 0.3 is 0 Å². The molecule has 0 atom stereocenters. The van der Waals surface area contributed by atoms with E-state index in [1.807, 2.05) is 0 Å². The SMILES string of the molecule is O=S(=O)(CO)P(c1ccccc1)S(=O)(=O)CO. The molecule has 0 bridgehead atoms. The van der Waals surface area contributed by atoms with Gasteiger partial charge in [-0.1, -0.05) is 30.3 Å². The lowest BCUT2D eigenvalue weighted by Gasteiger charge is -2.15. The lowest BCUT2D eigenvalue weighted by Crippen LogP contribution is -2.20. The second kappa shape index (κ2) is 5.41. The molecule has 0 aliphatic rings. The van der Waals surface area contributed by atoms with Crippen LogP contribution in [0.2, 0.25) is 0 Å². The first-order valence-corrected chi connectivity index (χ1v) is 10.2. The Morgan fingerprint density at radius 3 is 1.65 bits per heavy atom. The molecule has 0 aliphatic carbocycles. The smallest absolute Gasteiger partial charge is 0.209 e. The Balaban J connectivity index is 3.44. The van der Waals surface area contributed by atoms with Crippen molar-refractivity contribution in [3.05, 3.63) is 30.3 Å². The van der Waals surface area contributed by atoms with Gasteiger partial charge in [-0.05, 0) is 0 Å². The van der Waals surface area contributed by atoms with Gasteiger partial charge in [-0.3, -0.25) is 0 Å². The molecule has 0 unspecified atom stereocenters. The zero-order chi connectivity index (χ0) is 13.1. The standard InChI is InChI=1S/C8H11O6PS2/c9-6-16(11,12)15(17(13,14)7-10)8-4-2-1-3-5-8/h1-5,9-10H,6-7H2. The Bertz CT molecular complexity index is 531. The Hall–Kier alpha value is -0.530. The summed E-state index contributed by atoms with van der Waals surface area (Å²) in [5, 5.41) is 17.6. The van der Waals surface area contributed by atoms with Gasteiger partial charge in [0.1, 0.15) is 11.9 Å². The first-order chi connectivity index (χ1) is 7.85. The summed E-state index contributed by atoms with van der Waals surface area (Å²) in [6, 6.07) is 7.27. The number of aliphatic hydroxyl groups excluding tert-OH is 2. The fraction of sp³-hybridized carbons (Fsp3) is 0.250. The number of rotatable bonds is 5. The summed E-state index contributed by atoms with van der Waals surface area (Å²) in [5.41, 5.74) is 0. The summed E-state index contributed by atoms with van der Waals surface area (Å²) in [4.78, 5) is 0. The summed E-state index contributed by atoms with van der Waals surface area (Å²) in [7, 11) is -8.42. The zero-order valence-electron chi connectivity index (χ0n) is 8.59. The lowest BCUT2D eigenvalue weighted by atomic mass is 10.4. The fourth-order valence-corrected chi connectivity index (χ4v) is 11.1. The molecular formula is C8H11O6PS2. The topological polar surface area (TPSA) is 109 Å². The van der Waals surface area contributed by atoms with E-state index in [0.29, 0.717) is 0 Å². The monoisotopic (exact) mass is 298 g/mol. The van der Waals surface area contributed by atoms with E-state index in [-0.39, 0.29) is 5.30 Å². The summed E-state index contributed by atoms with van der Waals surface area (Å²) < 4.78 is 46.4. The Kier molecular flexibility index (Phi) is 4.62. The number of hydrogen-bond donors (Lipinski definition) is 2. The molecule has 1 aromatic carbocycles. The van der Waals surface area contributed by atoms with Crippen LogP contribution in [0, 0.1) is 0 Å². The summed E-state index contributed by atoms with van der Waals surface area (Å²) in [6.07, 6.45) is -2.70. The van der Waals surface area contributed by atoms with Crippen molar-refractivity contribution in [2.75, 3.05) is 11.9 Å². The van der Waals surface area contributed by atoms with Crippen LogP contribution in [0.5, 0.6) is 0 Å². The van der Waals surface area contributed by atoms with Crippen LogP contribution in [0.15, 0.2) is 30.3 Å². The minimum absolute atomic E-state index is 0.0607. The molecule has 2 N–H and O–H groups in total. The maximum Gasteiger partial charge on any atom is 0.209 e. The Morgan fingerprint density at radius 1 is 0.882 bits per heavy atom. The van der Waals surface area contributed by atoms with Gasteiger partial charge in [-0.15, -0.1) is 0 Å². The highest BCUT2D eigenvalue weighted by Crippen LogP contribution is 2.48. The van der Waals surface area contributed by atoms with Crippen molar-refractivity contribution < 1.29 is 27.0 Å². The van der Waals surface area contributed by atoms with Crippen LogP contribution in [0.25, 0.3) is 0 Å². The summed E-state index contributed by atoms with van der Waals surface area (Å²) in [5.74, 6) is -2.54. The molecule has 0 saturated heterocycles. The maximum absolute atomic E-state index is 11.6. The highest BCUT2D eigenvalue weighted by Gasteiger charge is 2.38. The zero-order valence-corrected chi connectivity index (χ0v) is 11.1. The highest BCUT2D eigenvalue weighted by atomic mass is 33.1. The van der Waals surface area contributed by atoms with Gasteiger partial charge in [0.2, 0.25) is 18.9 Å². The average molecular weight is 298 g/mol. The number of benzene rings is 1. The van der Waals surface area contributed by atoms with Crippen LogP contribution in [0.1, 0.15) is 0 Å². The molecule has 0 amide bonds. The Labute approximate surface area is 100.0 Å². The van der Waals surface area contributed by atoms with Gasteiger partial charge in [0.15, 0.2) is 6.33 Å². The van der Waals surface area contributed by atoms with Gasteiger partial charge < -0.3 is 10.2 Å². The van der Waals surface area contributed by atoms with E-state index in [1.54, 1.807) is 6.07 Å². The number of hydrogen-bond acceptors (Lipinski definition) is 6. The van der Waals surface area contributed by atoms with Gasteiger partial charge in [0, 0.05) is 5.30 Å². The van der Waals surface area contributed by atoms with E-state index >= 15 is 0 Å². The second-order valence-corrected chi connectivity index (χ2v) is 13.1. The summed E-state index contributed by atoms with van der Waals surface area (Å²) >= 11 is 0. The molecule has 0 aromatic heterocycles. The van der Waals surface area contributed by atoms with Crippen molar-refractivity contribution >= 4 is 30.5 Å². The molecule has 0 saturated carbocycles. The van der Waals surface area contributed by atoms with Gasteiger partial charge in [-0.2, -0.15) is 0 Å². The van der Waals surface area contributed by atoms with Crippen molar-refractivity contribution in [2.24, 2.45) is 0 Å². The maximum atomic E-state index is 11.6. The molecule has 0 spiro atoms. The van der Waals surface area contributed by atoms with E-state index < -0.39 is 37.1 Å². The van der Waals surface area contributed by atoms with Crippen LogP contribution in [-0.4, -0.2) is 38.9 Å². The third-order valence-corrected chi connectivity index (χ3v) is 13.3. The molecule has 0 aliphatic heterocycles. The average Bonchev–Trinajstić information content (AvgIpc) is 2.30. The molecule has 17 heavy (non-hydrogen) atoms. The molecule has 0 fully saturated rings. The van der Waals surface area contributed by atoms with E-state index in [4.69, 9.17) is 10.2 Å². The largest absolute Gasteiger partial charge is 0.380 e. The Morgan fingerprint density at radius 2 is 1.29 bits per heavy atom. The lowest BCUT2D eigenvalue weighted by molar-refractivity contribution is 0.361. The van der Waals surface area contributed by atoms with Crippen molar-refractivity contribution in [1.82, 2.24) is 0 Å². The third-order valence-electron chi connectivity index (χ3n) is 1.80. The summed E-state index contributed by atoms with van der Waals surface area (Å²) in [6.45, 7) is 0. The predicted octanol–water partition coefficient (Wildman–Crippen LogP) is -0.647. The molecule has 1 aromatic rings. The molecule has 0 heterocycles. The van der Waals surface area contributed by atoms with E-state index in [1.165, 1.54) is 24.3 Å². The first kappa shape index (κ1) is 14.5. The van der Waals surface area contributed by atoms with Crippen LogP contribution in [0.3, 0.4) is 0 Å². The van der Waals surface area contributed by atoms with Gasteiger partial charge in [0.25, 0.3) is 0 Å². The van der Waals surface area contributed by atoms with Gasteiger partial charge in [0.05, 0.1) is 0 Å². The molecular weight excluding hydrogens is 287 g/mol. The minimum Gasteiger partial charge on any atom is -0.380 e. The van der Waals surface area contributed by atoms with E-state index in [9.17, 15) is 16.8 Å². The van der Waals surface area contributed by atoms with Crippen molar-refractivity contribution in [2.45, 2.75) is 0 Å². The van der Waals surface area contributed by atoms with E-state index in [2.05, 4.69) is 0 Å². The van der Waals surface area contributed by atoms with Gasteiger partial charge in [-0.25, -0.2) is 16.8 Å².